The van der Waals surface area contributed by atoms with Gasteiger partial charge in [0, 0.05) is 0 Å². The van der Waals surface area contributed by atoms with E-state index in [1.165, 1.54) is 38.5 Å². The Morgan fingerprint density at radius 2 is 1.72 bits per heavy atom. The summed E-state index contributed by atoms with van der Waals surface area (Å²) in [7, 11) is 0. The van der Waals surface area contributed by atoms with Crippen LogP contribution in [0.25, 0.3) is 0 Å². The fourth-order valence-corrected chi connectivity index (χ4v) is 1.78. The van der Waals surface area contributed by atoms with E-state index in [1.54, 1.807) is 13.8 Å². The van der Waals surface area contributed by atoms with E-state index in [0.717, 1.165) is 6.42 Å². The third kappa shape index (κ3) is 6.83. The first-order valence-corrected chi connectivity index (χ1v) is 7.33. The predicted octanol–water partition coefficient (Wildman–Crippen LogP) is 5.04. The van der Waals surface area contributed by atoms with Gasteiger partial charge < -0.3 is 5.11 Å². The van der Waals surface area contributed by atoms with Crippen molar-refractivity contribution in [2.45, 2.75) is 72.6 Å². The lowest BCUT2D eigenvalue weighted by molar-refractivity contribution is -0.148. The summed E-state index contributed by atoms with van der Waals surface area (Å²) >= 11 is 0. The molecular formula is C16H30O2. The number of allylic oxidation sites excluding steroid dienone is 2. The van der Waals surface area contributed by atoms with E-state index < -0.39 is 11.4 Å². The number of aliphatic carboxylic acids is 1. The van der Waals surface area contributed by atoms with Crippen molar-refractivity contribution in [3.63, 3.8) is 0 Å². The minimum atomic E-state index is -0.723. The van der Waals surface area contributed by atoms with Gasteiger partial charge in [0.25, 0.3) is 0 Å². The summed E-state index contributed by atoms with van der Waals surface area (Å²) in [6.07, 6.45) is 13.1. The van der Waals surface area contributed by atoms with Crippen molar-refractivity contribution in [3.05, 3.63) is 12.2 Å². The summed E-state index contributed by atoms with van der Waals surface area (Å²) in [4.78, 5) is 11.1. The Hall–Kier alpha value is -0.790. The van der Waals surface area contributed by atoms with E-state index >= 15 is 0 Å². The smallest absolute Gasteiger partial charge is 0.309 e. The lowest BCUT2D eigenvalue weighted by atomic mass is 9.80. The van der Waals surface area contributed by atoms with Crippen LogP contribution in [0.1, 0.15) is 72.6 Å². The van der Waals surface area contributed by atoms with Crippen molar-refractivity contribution in [3.8, 4) is 0 Å². The van der Waals surface area contributed by atoms with Gasteiger partial charge in [-0.25, -0.2) is 0 Å². The molecule has 2 heteroatoms. The average Bonchev–Trinajstić information content (AvgIpc) is 2.32. The first-order valence-electron chi connectivity index (χ1n) is 7.33. The Balaban J connectivity index is 3.73. The molecule has 0 aliphatic rings. The van der Waals surface area contributed by atoms with Crippen molar-refractivity contribution < 1.29 is 9.90 Å². The van der Waals surface area contributed by atoms with Gasteiger partial charge >= 0.3 is 5.97 Å². The van der Waals surface area contributed by atoms with E-state index in [9.17, 15) is 4.79 Å². The van der Waals surface area contributed by atoms with Crippen LogP contribution in [-0.4, -0.2) is 11.1 Å². The third-order valence-electron chi connectivity index (χ3n) is 3.84. The maximum atomic E-state index is 11.1. The van der Waals surface area contributed by atoms with Crippen LogP contribution < -0.4 is 0 Å². The molecule has 0 saturated heterocycles. The van der Waals surface area contributed by atoms with Gasteiger partial charge in [-0.1, -0.05) is 58.1 Å². The highest BCUT2D eigenvalue weighted by Gasteiger charge is 2.31. The standard InChI is InChI=1S/C16H30O2/c1-5-6-7-8-9-10-11-12-13-14(2)16(3,4)15(17)18/h12-14H,5-11H2,1-4H3,(H,17,18)/b13-12-. The van der Waals surface area contributed by atoms with Crippen LogP contribution >= 0.6 is 0 Å². The van der Waals surface area contributed by atoms with Crippen molar-refractivity contribution in [2.75, 3.05) is 0 Å². The minimum absolute atomic E-state index is 0.0788. The number of hydrogen-bond acceptors (Lipinski definition) is 1. The molecule has 0 heterocycles. The largest absolute Gasteiger partial charge is 0.481 e. The van der Waals surface area contributed by atoms with E-state index in [1.807, 2.05) is 6.92 Å². The molecule has 0 aliphatic carbocycles. The molecule has 0 radical (unpaired) electrons. The lowest BCUT2D eigenvalue weighted by Crippen LogP contribution is -2.29. The number of carbonyl (C=O) groups is 1. The van der Waals surface area contributed by atoms with Crippen LogP contribution in [0.5, 0.6) is 0 Å². The van der Waals surface area contributed by atoms with E-state index in [2.05, 4.69) is 19.1 Å². The van der Waals surface area contributed by atoms with Crippen molar-refractivity contribution in [1.29, 1.82) is 0 Å². The van der Waals surface area contributed by atoms with Crippen molar-refractivity contribution >= 4 is 5.97 Å². The Kier molecular flexibility index (Phi) is 8.78. The normalized spacial score (nSPS) is 14.0. The molecule has 1 atom stereocenters. The molecule has 0 spiro atoms. The van der Waals surface area contributed by atoms with E-state index in [-0.39, 0.29) is 5.92 Å². The van der Waals surface area contributed by atoms with Gasteiger partial charge in [-0.15, -0.1) is 0 Å². The molecule has 1 N–H and O–H groups in total. The molecular weight excluding hydrogens is 224 g/mol. The summed E-state index contributed by atoms with van der Waals surface area (Å²) < 4.78 is 0. The van der Waals surface area contributed by atoms with Crippen LogP contribution in [-0.2, 0) is 4.79 Å². The number of hydrogen-bond donors (Lipinski definition) is 1. The fraction of sp³-hybridized carbons (Fsp3) is 0.812. The van der Waals surface area contributed by atoms with Crippen LogP contribution in [0.3, 0.4) is 0 Å². The first kappa shape index (κ1) is 17.2. The summed E-state index contributed by atoms with van der Waals surface area (Å²) in [5, 5.41) is 9.10. The first-order chi connectivity index (χ1) is 8.42. The van der Waals surface area contributed by atoms with Gasteiger partial charge in [0.1, 0.15) is 0 Å². The van der Waals surface area contributed by atoms with Gasteiger partial charge in [-0.3, -0.25) is 4.79 Å². The molecule has 0 aromatic rings. The zero-order valence-corrected chi connectivity index (χ0v) is 12.5. The Morgan fingerprint density at radius 3 is 2.28 bits per heavy atom. The van der Waals surface area contributed by atoms with Crippen molar-refractivity contribution in [1.82, 2.24) is 0 Å². The number of carboxylic acids is 1. The van der Waals surface area contributed by atoms with Crippen molar-refractivity contribution in [2.24, 2.45) is 11.3 Å². The highest BCUT2D eigenvalue weighted by Crippen LogP contribution is 2.27. The maximum Gasteiger partial charge on any atom is 0.309 e. The molecule has 0 rings (SSSR count). The lowest BCUT2D eigenvalue weighted by Gasteiger charge is -2.24. The molecule has 1 unspecified atom stereocenters. The fourth-order valence-electron chi connectivity index (χ4n) is 1.78. The average molecular weight is 254 g/mol. The van der Waals surface area contributed by atoms with Crippen LogP contribution in [0.2, 0.25) is 0 Å². The number of unbranched alkanes of at least 4 members (excludes halogenated alkanes) is 6. The Labute approximate surface area is 112 Å². The molecule has 0 fully saturated rings. The van der Waals surface area contributed by atoms with Gasteiger partial charge in [0.05, 0.1) is 5.41 Å². The molecule has 0 saturated carbocycles. The second kappa shape index (κ2) is 9.18. The van der Waals surface area contributed by atoms with Gasteiger partial charge in [0.2, 0.25) is 0 Å². The third-order valence-corrected chi connectivity index (χ3v) is 3.84. The molecule has 2 nitrogen and oxygen atoms in total. The number of rotatable bonds is 10. The second-order valence-corrected chi connectivity index (χ2v) is 5.80. The van der Waals surface area contributed by atoms with E-state index in [0.29, 0.717) is 0 Å². The van der Waals surface area contributed by atoms with Gasteiger partial charge in [0.15, 0.2) is 0 Å². The second-order valence-electron chi connectivity index (χ2n) is 5.80. The summed E-state index contributed by atoms with van der Waals surface area (Å²) in [5.41, 5.74) is -0.669. The zero-order chi connectivity index (χ0) is 14.0. The summed E-state index contributed by atoms with van der Waals surface area (Å²) in [6.45, 7) is 7.78. The molecule has 0 bridgehead atoms. The van der Waals surface area contributed by atoms with E-state index in [4.69, 9.17) is 5.11 Å². The monoisotopic (exact) mass is 254 g/mol. The maximum absolute atomic E-state index is 11.1. The highest BCUT2D eigenvalue weighted by atomic mass is 16.4. The topological polar surface area (TPSA) is 37.3 Å². The van der Waals surface area contributed by atoms with Gasteiger partial charge in [-0.2, -0.15) is 0 Å². The Morgan fingerprint density at radius 1 is 1.17 bits per heavy atom. The molecule has 0 aliphatic heterocycles. The summed E-state index contributed by atoms with van der Waals surface area (Å²) in [5.74, 6) is -0.644. The molecule has 0 aromatic carbocycles. The molecule has 0 amide bonds. The molecule has 18 heavy (non-hydrogen) atoms. The van der Waals surface area contributed by atoms with Crippen LogP contribution in [0.15, 0.2) is 12.2 Å². The van der Waals surface area contributed by atoms with Crippen LogP contribution in [0, 0.1) is 11.3 Å². The molecule has 0 aromatic heterocycles. The quantitative estimate of drug-likeness (QED) is 0.438. The summed E-state index contributed by atoms with van der Waals surface area (Å²) in [6, 6.07) is 0. The molecule has 106 valence electrons. The minimum Gasteiger partial charge on any atom is -0.481 e. The SMILES string of the molecule is CCCCCCCC/C=C\C(C)C(C)(C)C(=O)O. The van der Waals surface area contributed by atoms with Crippen LogP contribution in [0.4, 0.5) is 0 Å². The van der Waals surface area contributed by atoms with Gasteiger partial charge in [-0.05, 0) is 32.6 Å². The Bertz CT molecular complexity index is 254. The predicted molar refractivity (Wildman–Crippen MR) is 77.7 cm³/mol. The number of carboxylic acid groups (broad SMARTS) is 1. The highest BCUT2D eigenvalue weighted by molar-refractivity contribution is 5.74. The zero-order valence-electron chi connectivity index (χ0n) is 12.5.